The lowest BCUT2D eigenvalue weighted by molar-refractivity contribution is -0.107. The number of nitrogen functional groups attached to an aromatic ring is 1. The summed E-state index contributed by atoms with van der Waals surface area (Å²) in [5, 5.41) is 153. The van der Waals surface area contributed by atoms with Crippen LogP contribution in [0.5, 0.6) is 0 Å². The molecule has 0 aliphatic carbocycles. The Balaban J connectivity index is 0.000000188. The largest absolute Gasteiger partial charge is 0.394 e. The van der Waals surface area contributed by atoms with Crippen LogP contribution in [0.15, 0.2) is 116 Å². The summed E-state index contributed by atoms with van der Waals surface area (Å²) in [6.07, 6.45) is -24.6. The van der Waals surface area contributed by atoms with Gasteiger partial charge in [-0.2, -0.15) is 4.39 Å². The van der Waals surface area contributed by atoms with Gasteiger partial charge in [-0.15, -0.1) is 0 Å². The van der Waals surface area contributed by atoms with Gasteiger partial charge in [0.1, 0.15) is 124 Å². The number of H-pyrrole nitrogens is 6. The number of ether oxygens (including phenoxy) is 8. The molecule has 26 N–H and O–H groups in total. The lowest BCUT2D eigenvalue weighted by Crippen LogP contribution is -2.50. The number of nitrogens with one attached hydrogen (secondary N) is 6. The van der Waals surface area contributed by atoms with E-state index in [1.165, 1.54) is 98.2 Å². The molecule has 0 bridgehead atoms. The van der Waals surface area contributed by atoms with Crippen molar-refractivity contribution in [3.05, 3.63) is 194 Å². The van der Waals surface area contributed by atoms with E-state index < -0.39 is 296 Å². The number of rotatable bonds is 16. The molecule has 16 rings (SSSR count). The molecule has 67 heteroatoms. The summed E-state index contributed by atoms with van der Waals surface area (Å²) in [6.45, 7) is 8.54. The van der Waals surface area contributed by atoms with Gasteiger partial charge in [0, 0.05) is 43.3 Å². The van der Waals surface area contributed by atoms with E-state index in [9.17, 15) is 113 Å². The second-order valence-electron chi connectivity index (χ2n) is 35.5. The van der Waals surface area contributed by atoms with Crippen molar-refractivity contribution >= 4 is 122 Å². The number of aromatic amines is 6. The van der Waals surface area contributed by atoms with Crippen molar-refractivity contribution in [1.29, 1.82) is 0 Å². The molecule has 0 amide bonds. The number of hydrogen-bond donors (Lipinski definition) is 24. The van der Waals surface area contributed by atoms with Crippen molar-refractivity contribution in [3.63, 3.8) is 0 Å². The number of alkyl halides is 8. The first-order chi connectivity index (χ1) is 68.6. The number of amidine groups is 1. The zero-order valence-corrected chi connectivity index (χ0v) is 85.4. The molecule has 9 aliphatic rings. The molecule has 824 valence electrons. The Hall–Kier alpha value is -8.51. The fraction of sp³-hybridized carbons (Fsp3) is 0.593. The number of aliphatic hydroxyl groups is 16. The highest BCUT2D eigenvalue weighted by Gasteiger charge is 2.62. The average molecular weight is 2290 g/mol. The zero-order chi connectivity index (χ0) is 111. The SMILES string of the molecule is C=C1N=C(N)C(F)=CN1[C@@H]1O[C@H](CO)[C@H](F)C1(C)O.CC1(O)[C@@H](F)[C@@H](CO)O[C@H]1n1cc(F)c(=O)[nH]c1=S.CC1(O)[C@@H](F)[C@@H](CO)O[C@H]1n1cc(F)c(=S)[nH]c1=O.CC1(O)[C@@H](F)[C@@H](CO)O[C@H]1n1cc(F)c(=S)[nH]c1=S.CC1(O)[C@@H](F)[C@@H](CO)O[C@H]1n1ccc(=O)[nH]c1=S.CC1(O)[C@@H](F)[C@@H](CO)O[C@H]1n1ccc(=S)[nH]c1=O.CC1(O)[C@@H](F)[C@@H](CO)O[C@H]1n1ccc(=S)[nH]c1=S.CC1(O)[C@@H](F)[C@@H](CO)O[C@H]1n1ccc(N)nc1=S. The van der Waals surface area contributed by atoms with Gasteiger partial charge in [-0.1, -0.05) is 55.5 Å². The van der Waals surface area contributed by atoms with Gasteiger partial charge in [0.05, 0.1) is 65.2 Å². The van der Waals surface area contributed by atoms with E-state index in [0.717, 1.165) is 57.2 Å². The predicted molar refractivity (Wildman–Crippen MR) is 510 cm³/mol. The zero-order valence-electron chi connectivity index (χ0n) is 78.0. The molecule has 32 atom stereocenters. The number of hydrogen-bond acceptors (Lipinski definition) is 42. The van der Waals surface area contributed by atoms with Crippen LogP contribution in [0.4, 0.5) is 58.5 Å². The third-order valence-corrected chi connectivity index (χ3v) is 26.8. The van der Waals surface area contributed by atoms with E-state index in [1.807, 2.05) is 9.97 Å². The minimum atomic E-state index is -2.08. The third-order valence-electron chi connectivity index (χ3n) is 24.2. The van der Waals surface area contributed by atoms with E-state index in [0.29, 0.717) is 9.21 Å². The van der Waals surface area contributed by atoms with Crippen LogP contribution < -0.4 is 34.0 Å². The highest BCUT2D eigenvalue weighted by Crippen LogP contribution is 2.48. The van der Waals surface area contributed by atoms with E-state index in [4.69, 9.17) is 176 Å². The van der Waals surface area contributed by atoms with Crippen LogP contribution in [0.2, 0.25) is 0 Å². The standard InChI is InChI=1S/C11H15F2N3O3.2C10H12F2N2O4S.C10H12F2N2O3S2.C10H14FN3O3S.2C10H13FN2O4S.C10H13FN2O3S2/c1-5-15-9(14)6(12)3-16(5)10-11(2,18)8(13)7(4-17)19-10;1-10(17)6(12)5(3-15)18-8(10)14-2-4(11)7(19)13-9(14)16;1-10(17)6(12)5(3-15)18-8(10)14-2-4(11)7(16)13-9(14)19;1-10(16)6(12)5(3-15)17-8(10)14-2-4(11)7(18)13-9(14)19;1-10(16)7(11)5(4-15)17-8(10)14-3-2-6(12)13-9(14)18;1-10(16)7(11)5(4-14)17-8(10)13-3-2-6(18)12-9(13)15;1-10(16)7(11)5(4-14)17-8(10)13-3-2-6(15)12-9(13)18;1-10(15)7(11)5(4-14)16-8(10)13-3-2-6(17)12-9(13)18/h3,7-8,10,17-18H,1,4H2,2H3,(H2,14,15);2*2,5-6,8,15,17H,3H2,1H3,(H,13,16,19);2,5-6,8,15-16H,3H2,1H3,(H,13,18,19);2-3,5,7-8,15-16H,4H2,1H3,(H2,12,13,18);2*2-3,5,7-8,14,16H,4H2,1H3,(H,12,15,18);2-3,5,7-8,14-15H,4H2,1H3,(H,12,17,18)/t7-,8+,10-,11?;3*5-,6+,8-,10?;4*5-,7+,8-,10?/m11111111/s1. The fourth-order valence-electron chi connectivity index (χ4n) is 16.0. The van der Waals surface area contributed by atoms with Crippen molar-refractivity contribution < 1.29 is 172 Å². The number of nitrogens with two attached hydrogens (primary N) is 2. The van der Waals surface area contributed by atoms with Crippen LogP contribution in [0, 0.1) is 59.9 Å². The summed E-state index contributed by atoms with van der Waals surface area (Å²) in [4.78, 5) is 67.9. The normalized spacial score (nSPS) is 35.9. The second-order valence-corrected chi connectivity index (χ2v) is 39.1. The molecule has 8 saturated heterocycles. The van der Waals surface area contributed by atoms with Gasteiger partial charge in [0.2, 0.25) is 10.6 Å². The first-order valence-electron chi connectivity index (χ1n) is 43.2. The van der Waals surface area contributed by atoms with Crippen molar-refractivity contribution in [1.82, 2.24) is 71.8 Å². The van der Waals surface area contributed by atoms with Crippen LogP contribution in [0.1, 0.15) is 99.0 Å². The number of aromatic nitrogens is 14. The molecule has 7 aromatic rings. The van der Waals surface area contributed by atoms with E-state index in [1.54, 1.807) is 6.07 Å². The summed E-state index contributed by atoms with van der Waals surface area (Å²) < 4.78 is 214. The van der Waals surface area contributed by atoms with Crippen LogP contribution in [0.3, 0.4) is 0 Å². The summed E-state index contributed by atoms with van der Waals surface area (Å²) in [7, 11) is 0. The lowest BCUT2D eigenvalue weighted by atomic mass is 9.97. The Labute approximate surface area is 871 Å². The van der Waals surface area contributed by atoms with Gasteiger partial charge in [-0.3, -0.25) is 61.5 Å². The molecule has 0 saturated carbocycles. The van der Waals surface area contributed by atoms with Crippen molar-refractivity contribution in [2.24, 2.45) is 10.7 Å². The fourth-order valence-corrected chi connectivity index (χ4v) is 18.0. The molecule has 8 fully saturated rings. The lowest BCUT2D eigenvalue weighted by Gasteiger charge is -2.35. The van der Waals surface area contributed by atoms with E-state index in [2.05, 4.69) is 60.9 Å². The highest BCUT2D eigenvalue weighted by molar-refractivity contribution is 7.72. The van der Waals surface area contributed by atoms with Gasteiger partial charge in [0.15, 0.2) is 142 Å². The maximum Gasteiger partial charge on any atom is 0.328 e. The van der Waals surface area contributed by atoms with Gasteiger partial charge in [-0.05, 0) is 135 Å². The Morgan fingerprint density at radius 1 is 0.351 bits per heavy atom. The Kier molecular flexibility index (Phi) is 40.6. The Bertz CT molecular complexity index is 6330. The molecule has 148 heavy (non-hydrogen) atoms. The number of aliphatic hydroxyl groups excluding tert-OH is 8. The maximum absolute atomic E-state index is 13.9. The van der Waals surface area contributed by atoms with Crippen LogP contribution in [-0.4, -0.2) is 361 Å². The van der Waals surface area contributed by atoms with Crippen LogP contribution >= 0.6 is 110 Å². The highest BCUT2D eigenvalue weighted by atomic mass is 32.1. The molecule has 46 nitrogen and oxygen atoms in total. The topological polar surface area (TPSA) is 676 Å². The van der Waals surface area contributed by atoms with Crippen molar-refractivity contribution in [3.8, 4) is 0 Å². The molecule has 0 spiro atoms. The van der Waals surface area contributed by atoms with Crippen LogP contribution in [0.25, 0.3) is 0 Å². The minimum absolute atomic E-state index is 0.00923. The second kappa shape index (κ2) is 48.9. The van der Waals surface area contributed by atoms with Gasteiger partial charge in [-0.25, -0.2) is 67.9 Å². The smallest absolute Gasteiger partial charge is 0.328 e. The average Bonchev–Trinajstić information content (AvgIpc) is 1.62. The van der Waals surface area contributed by atoms with E-state index >= 15 is 0 Å². The van der Waals surface area contributed by atoms with Crippen molar-refractivity contribution in [2.75, 3.05) is 58.6 Å². The van der Waals surface area contributed by atoms with Gasteiger partial charge >= 0.3 is 11.4 Å². The number of anilines is 1. The first-order valence-corrected chi connectivity index (χ1v) is 46.9. The number of halogens is 12. The Morgan fingerprint density at radius 2 is 0.622 bits per heavy atom. The molecular weight excluding hydrogens is 2190 g/mol. The first kappa shape index (κ1) is 123. The monoisotopic (exact) mass is 2290 g/mol. The molecule has 0 radical (unpaired) electrons. The number of aliphatic imine (C=N–C) groups is 1. The summed E-state index contributed by atoms with van der Waals surface area (Å²) in [6, 6.07) is 5.64. The third kappa shape index (κ3) is 25.7. The van der Waals surface area contributed by atoms with Crippen LogP contribution in [-0.2, 0) is 37.9 Å². The molecule has 9 aliphatic heterocycles. The molecule has 7 aromatic heterocycles. The van der Waals surface area contributed by atoms with Crippen molar-refractivity contribution in [2.45, 2.75) is 248 Å². The van der Waals surface area contributed by atoms with Gasteiger partial charge in [0.25, 0.3) is 11.1 Å². The minimum Gasteiger partial charge on any atom is -0.394 e. The molecular formula is C81H104F12N18O28S9. The molecule has 0 aromatic carbocycles. The quantitative estimate of drug-likeness (QED) is 0.0488. The van der Waals surface area contributed by atoms with Gasteiger partial charge < -0.3 is 146 Å². The summed E-state index contributed by atoms with van der Waals surface area (Å²) in [5.41, 5.74) is -7.46. The molecule has 8 unspecified atom stereocenters. The predicted octanol–water partition coefficient (Wildman–Crippen LogP) is 2.39. The maximum atomic E-state index is 13.9. The summed E-state index contributed by atoms with van der Waals surface area (Å²) in [5.74, 6) is -3.78. The Morgan fingerprint density at radius 3 is 0.966 bits per heavy atom. The number of nitrogens with zero attached hydrogens (tertiary/aromatic N) is 10. The van der Waals surface area contributed by atoms with E-state index in [-0.39, 0.29) is 50.6 Å². The summed E-state index contributed by atoms with van der Waals surface area (Å²) >= 11 is 43.6. The molecule has 16 heterocycles.